The van der Waals surface area contributed by atoms with E-state index in [1.807, 2.05) is 0 Å². The number of likely N-dealkylation sites (tertiary alicyclic amines) is 1. The van der Waals surface area contributed by atoms with Gasteiger partial charge in [-0.15, -0.1) is 0 Å². The number of rotatable bonds is 2. The van der Waals surface area contributed by atoms with Crippen LogP contribution in [0.15, 0.2) is 42.7 Å². The van der Waals surface area contributed by atoms with Crippen molar-refractivity contribution in [1.29, 1.82) is 0 Å². The molecule has 1 N–H and O–H groups in total. The van der Waals surface area contributed by atoms with Gasteiger partial charge in [-0.1, -0.05) is 12.1 Å². The minimum atomic E-state index is -0.702. The fourth-order valence-corrected chi connectivity index (χ4v) is 2.74. The SMILES string of the molecule is O=C(c1ccncc1F)N1C[C@@H](O)C[C@H]1c1ccc(F)cc1. The van der Waals surface area contributed by atoms with E-state index < -0.39 is 23.9 Å². The van der Waals surface area contributed by atoms with Gasteiger partial charge >= 0.3 is 0 Å². The summed E-state index contributed by atoms with van der Waals surface area (Å²) in [6.07, 6.45) is 1.97. The number of amides is 1. The summed E-state index contributed by atoms with van der Waals surface area (Å²) in [7, 11) is 0. The quantitative estimate of drug-likeness (QED) is 0.926. The van der Waals surface area contributed by atoms with E-state index in [2.05, 4.69) is 4.98 Å². The van der Waals surface area contributed by atoms with Gasteiger partial charge in [-0.05, 0) is 30.2 Å². The summed E-state index contributed by atoms with van der Waals surface area (Å²) in [6, 6.07) is 6.65. The van der Waals surface area contributed by atoms with Crippen LogP contribution in [0.1, 0.15) is 28.4 Å². The maximum absolute atomic E-state index is 13.8. The van der Waals surface area contributed by atoms with Gasteiger partial charge in [0.05, 0.1) is 23.9 Å². The third-order valence-electron chi connectivity index (χ3n) is 3.80. The van der Waals surface area contributed by atoms with Crippen LogP contribution in [0.2, 0.25) is 0 Å². The molecular weight excluding hydrogens is 290 g/mol. The lowest BCUT2D eigenvalue weighted by Crippen LogP contribution is -2.32. The molecule has 4 nitrogen and oxygen atoms in total. The Balaban J connectivity index is 1.92. The van der Waals surface area contributed by atoms with E-state index >= 15 is 0 Å². The number of halogens is 2. The Bertz CT molecular complexity index is 691. The number of pyridine rings is 1. The number of carbonyl (C=O) groups is 1. The molecule has 1 aromatic carbocycles. The van der Waals surface area contributed by atoms with E-state index in [1.165, 1.54) is 29.3 Å². The van der Waals surface area contributed by atoms with E-state index in [1.54, 1.807) is 12.1 Å². The summed E-state index contributed by atoms with van der Waals surface area (Å²) < 4.78 is 26.8. The smallest absolute Gasteiger partial charge is 0.257 e. The Morgan fingerprint density at radius 1 is 1.23 bits per heavy atom. The first kappa shape index (κ1) is 14.6. The van der Waals surface area contributed by atoms with Crippen LogP contribution in [0.3, 0.4) is 0 Å². The van der Waals surface area contributed by atoms with Crippen LogP contribution in [0.25, 0.3) is 0 Å². The van der Waals surface area contributed by atoms with E-state index in [-0.39, 0.29) is 17.9 Å². The van der Waals surface area contributed by atoms with Crippen LogP contribution in [-0.4, -0.2) is 33.5 Å². The van der Waals surface area contributed by atoms with Gasteiger partial charge in [0.25, 0.3) is 5.91 Å². The number of β-amino-alcohol motifs (C(OH)–C–C–N with tert-alkyl or cyclic N) is 1. The van der Waals surface area contributed by atoms with Crippen LogP contribution < -0.4 is 0 Å². The number of aliphatic hydroxyl groups is 1. The van der Waals surface area contributed by atoms with Crippen molar-refractivity contribution in [3.8, 4) is 0 Å². The van der Waals surface area contributed by atoms with Crippen LogP contribution in [0, 0.1) is 11.6 Å². The lowest BCUT2D eigenvalue weighted by atomic mass is 10.0. The molecule has 2 heterocycles. The average Bonchev–Trinajstić information content (AvgIpc) is 2.90. The van der Waals surface area contributed by atoms with Gasteiger partial charge in [-0.2, -0.15) is 0 Å². The Kier molecular flexibility index (Phi) is 3.85. The van der Waals surface area contributed by atoms with Crippen LogP contribution in [-0.2, 0) is 0 Å². The lowest BCUT2D eigenvalue weighted by Gasteiger charge is -2.25. The summed E-state index contributed by atoms with van der Waals surface area (Å²) in [5, 5.41) is 9.88. The molecule has 22 heavy (non-hydrogen) atoms. The number of hydrogen-bond acceptors (Lipinski definition) is 3. The molecule has 0 spiro atoms. The Hall–Kier alpha value is -2.34. The number of carbonyl (C=O) groups excluding carboxylic acids is 1. The van der Waals surface area contributed by atoms with Gasteiger partial charge in [0.15, 0.2) is 5.82 Å². The molecule has 1 saturated heterocycles. The summed E-state index contributed by atoms with van der Waals surface area (Å²) in [4.78, 5) is 17.6. The molecule has 0 saturated carbocycles. The number of benzene rings is 1. The van der Waals surface area contributed by atoms with E-state index in [4.69, 9.17) is 0 Å². The molecule has 2 atom stereocenters. The maximum atomic E-state index is 13.8. The molecule has 0 unspecified atom stereocenters. The van der Waals surface area contributed by atoms with Crippen LogP contribution in [0.5, 0.6) is 0 Å². The number of aromatic nitrogens is 1. The first-order valence-corrected chi connectivity index (χ1v) is 6.90. The van der Waals surface area contributed by atoms with Gasteiger partial charge < -0.3 is 10.0 Å². The average molecular weight is 304 g/mol. The van der Waals surface area contributed by atoms with Crippen molar-refractivity contribution in [1.82, 2.24) is 9.88 Å². The molecule has 1 amide bonds. The Morgan fingerprint density at radius 2 is 1.95 bits per heavy atom. The molecule has 3 rings (SSSR count). The topological polar surface area (TPSA) is 53.4 Å². The third kappa shape index (κ3) is 2.69. The highest BCUT2D eigenvalue weighted by Crippen LogP contribution is 2.33. The highest BCUT2D eigenvalue weighted by Gasteiger charge is 2.36. The molecule has 1 aliphatic heterocycles. The van der Waals surface area contributed by atoms with Crippen LogP contribution in [0.4, 0.5) is 8.78 Å². The fraction of sp³-hybridized carbons (Fsp3) is 0.250. The number of hydrogen-bond donors (Lipinski definition) is 1. The normalized spacial score (nSPS) is 21.1. The predicted octanol–water partition coefficient (Wildman–Crippen LogP) is 2.31. The first-order valence-electron chi connectivity index (χ1n) is 6.90. The molecule has 1 aromatic heterocycles. The van der Waals surface area contributed by atoms with Crippen molar-refractivity contribution in [2.24, 2.45) is 0 Å². The molecular formula is C16H14F2N2O2. The van der Waals surface area contributed by atoms with Gasteiger partial charge in [-0.3, -0.25) is 9.78 Å². The van der Waals surface area contributed by atoms with E-state index in [0.717, 1.165) is 6.20 Å². The van der Waals surface area contributed by atoms with E-state index in [0.29, 0.717) is 12.0 Å². The molecule has 114 valence electrons. The molecule has 1 aliphatic rings. The summed E-state index contributed by atoms with van der Waals surface area (Å²) in [6.45, 7) is 0.114. The van der Waals surface area contributed by atoms with Crippen molar-refractivity contribution < 1.29 is 18.7 Å². The Morgan fingerprint density at radius 3 is 2.64 bits per heavy atom. The second kappa shape index (κ2) is 5.81. The van der Waals surface area contributed by atoms with Crippen molar-refractivity contribution in [2.45, 2.75) is 18.6 Å². The molecule has 1 fully saturated rings. The van der Waals surface area contributed by atoms with Gasteiger partial charge in [0.1, 0.15) is 5.82 Å². The zero-order chi connectivity index (χ0) is 15.7. The number of nitrogens with zero attached hydrogens (tertiary/aromatic N) is 2. The molecule has 6 heteroatoms. The molecule has 0 radical (unpaired) electrons. The summed E-state index contributed by atoms with van der Waals surface area (Å²) in [5.41, 5.74) is 0.622. The predicted molar refractivity (Wildman–Crippen MR) is 75.0 cm³/mol. The molecule has 0 bridgehead atoms. The zero-order valence-corrected chi connectivity index (χ0v) is 11.6. The van der Waals surface area contributed by atoms with Gasteiger partial charge in [0.2, 0.25) is 0 Å². The lowest BCUT2D eigenvalue weighted by molar-refractivity contribution is 0.0711. The van der Waals surface area contributed by atoms with Crippen molar-refractivity contribution in [3.63, 3.8) is 0 Å². The fourth-order valence-electron chi connectivity index (χ4n) is 2.74. The van der Waals surface area contributed by atoms with Crippen molar-refractivity contribution in [3.05, 3.63) is 65.5 Å². The van der Waals surface area contributed by atoms with Gasteiger partial charge in [0, 0.05) is 12.7 Å². The highest BCUT2D eigenvalue weighted by molar-refractivity contribution is 5.94. The zero-order valence-electron chi connectivity index (χ0n) is 11.6. The van der Waals surface area contributed by atoms with Crippen LogP contribution >= 0.6 is 0 Å². The summed E-state index contributed by atoms with van der Waals surface area (Å²) in [5.74, 6) is -1.59. The second-order valence-electron chi connectivity index (χ2n) is 5.27. The first-order chi connectivity index (χ1) is 10.6. The van der Waals surface area contributed by atoms with Gasteiger partial charge in [-0.25, -0.2) is 8.78 Å². The molecule has 2 aromatic rings. The van der Waals surface area contributed by atoms with Crippen molar-refractivity contribution >= 4 is 5.91 Å². The largest absolute Gasteiger partial charge is 0.391 e. The monoisotopic (exact) mass is 304 g/mol. The van der Waals surface area contributed by atoms with Crippen molar-refractivity contribution in [2.75, 3.05) is 6.54 Å². The van der Waals surface area contributed by atoms with E-state index in [9.17, 15) is 18.7 Å². The minimum Gasteiger partial charge on any atom is -0.391 e. The number of aliphatic hydroxyl groups excluding tert-OH is 1. The molecule has 0 aliphatic carbocycles. The second-order valence-corrected chi connectivity index (χ2v) is 5.27. The maximum Gasteiger partial charge on any atom is 0.257 e. The standard InChI is InChI=1S/C16H14F2N2O2/c17-11-3-1-10(2-4-11)15-7-12(21)9-20(15)16(22)13-5-6-19-8-14(13)18/h1-6,8,12,15,21H,7,9H2/t12-,15-/m0/s1. The highest BCUT2D eigenvalue weighted by atomic mass is 19.1. The minimum absolute atomic E-state index is 0.0868. The Labute approximate surface area is 126 Å². The third-order valence-corrected chi connectivity index (χ3v) is 3.80. The summed E-state index contributed by atoms with van der Waals surface area (Å²) >= 11 is 0.